The van der Waals surface area contributed by atoms with Gasteiger partial charge in [0.05, 0.1) is 0 Å². The second-order valence-electron chi connectivity index (χ2n) is 2.48. The van der Waals surface area contributed by atoms with Crippen LogP contribution in [0.15, 0.2) is 0 Å². The van der Waals surface area contributed by atoms with Crippen molar-refractivity contribution in [2.24, 2.45) is 5.73 Å². The van der Waals surface area contributed by atoms with Crippen molar-refractivity contribution in [3.05, 3.63) is 6.42 Å². The highest BCUT2D eigenvalue weighted by Crippen LogP contribution is 2.01. The van der Waals surface area contributed by atoms with E-state index in [1.165, 1.54) is 12.8 Å². The predicted octanol–water partition coefficient (Wildman–Crippen LogP) is 2.12. The van der Waals surface area contributed by atoms with Crippen LogP contribution in [0.3, 0.4) is 0 Å². The number of rotatable bonds is 5. The molecule has 1 unspecified atom stereocenters. The molecule has 2 N–H and O–H groups in total. The molecule has 0 aliphatic heterocycles. The van der Waals surface area contributed by atoms with Gasteiger partial charge >= 0.3 is 0 Å². The van der Waals surface area contributed by atoms with Crippen molar-refractivity contribution in [1.29, 1.82) is 0 Å². The standard InChI is InChI=1S/C8H18N/c1-3-5-6-7-8(9)4-2/h6,8H,3-5,7,9H2,1-2H3. The summed E-state index contributed by atoms with van der Waals surface area (Å²) in [6.07, 6.45) is 6.93. The van der Waals surface area contributed by atoms with Crippen molar-refractivity contribution >= 4 is 0 Å². The first-order chi connectivity index (χ1) is 4.31. The van der Waals surface area contributed by atoms with Crippen LogP contribution in [0, 0.1) is 6.42 Å². The summed E-state index contributed by atoms with van der Waals surface area (Å²) in [5.41, 5.74) is 5.68. The SMILES string of the molecule is CCC[CH]CC(N)CC. The van der Waals surface area contributed by atoms with Gasteiger partial charge in [0.2, 0.25) is 0 Å². The summed E-state index contributed by atoms with van der Waals surface area (Å²) < 4.78 is 0. The van der Waals surface area contributed by atoms with Gasteiger partial charge in [-0.25, -0.2) is 0 Å². The maximum atomic E-state index is 5.68. The molecule has 0 aromatic rings. The molecule has 0 heterocycles. The van der Waals surface area contributed by atoms with E-state index in [1.54, 1.807) is 0 Å². The van der Waals surface area contributed by atoms with Gasteiger partial charge in [-0.15, -0.1) is 0 Å². The topological polar surface area (TPSA) is 26.0 Å². The van der Waals surface area contributed by atoms with E-state index in [-0.39, 0.29) is 0 Å². The van der Waals surface area contributed by atoms with Gasteiger partial charge in [0.1, 0.15) is 0 Å². The van der Waals surface area contributed by atoms with Crippen molar-refractivity contribution in [1.82, 2.24) is 0 Å². The molecule has 0 saturated heterocycles. The second kappa shape index (κ2) is 6.09. The minimum atomic E-state index is 0.400. The predicted molar refractivity (Wildman–Crippen MR) is 42.1 cm³/mol. The zero-order valence-corrected chi connectivity index (χ0v) is 6.56. The zero-order valence-electron chi connectivity index (χ0n) is 6.56. The van der Waals surface area contributed by atoms with Crippen LogP contribution >= 0.6 is 0 Å². The second-order valence-corrected chi connectivity index (χ2v) is 2.48. The lowest BCUT2D eigenvalue weighted by Gasteiger charge is -2.05. The molecule has 0 spiro atoms. The van der Waals surface area contributed by atoms with Gasteiger partial charge in [-0.1, -0.05) is 26.7 Å². The fourth-order valence-electron chi connectivity index (χ4n) is 0.703. The van der Waals surface area contributed by atoms with Crippen LogP contribution in [0.1, 0.15) is 39.5 Å². The van der Waals surface area contributed by atoms with Crippen LogP contribution in [0.25, 0.3) is 0 Å². The van der Waals surface area contributed by atoms with Gasteiger partial charge in [-0.2, -0.15) is 0 Å². The molecule has 1 atom stereocenters. The molecule has 1 radical (unpaired) electrons. The Bertz CT molecular complexity index is 52.5. The molecule has 0 rings (SSSR count). The Morgan fingerprint density at radius 1 is 1.44 bits per heavy atom. The Hall–Kier alpha value is -0.0400. The summed E-state index contributed by atoms with van der Waals surface area (Å²) in [6.45, 7) is 4.32. The minimum absolute atomic E-state index is 0.400. The Labute approximate surface area is 58.6 Å². The van der Waals surface area contributed by atoms with E-state index in [9.17, 15) is 0 Å². The van der Waals surface area contributed by atoms with E-state index in [0.29, 0.717) is 6.04 Å². The largest absolute Gasteiger partial charge is 0.328 e. The van der Waals surface area contributed by atoms with Crippen LogP contribution < -0.4 is 5.73 Å². The first-order valence-electron chi connectivity index (χ1n) is 3.88. The number of hydrogen-bond acceptors (Lipinski definition) is 1. The molecule has 0 amide bonds. The summed E-state index contributed by atoms with van der Waals surface area (Å²) >= 11 is 0. The molecule has 0 saturated carbocycles. The van der Waals surface area contributed by atoms with Gasteiger partial charge in [0.25, 0.3) is 0 Å². The van der Waals surface area contributed by atoms with Gasteiger partial charge in [-0.05, 0) is 19.3 Å². The summed E-state index contributed by atoms with van der Waals surface area (Å²) in [4.78, 5) is 0. The first-order valence-corrected chi connectivity index (χ1v) is 3.88. The maximum Gasteiger partial charge on any atom is 0.00389 e. The summed E-state index contributed by atoms with van der Waals surface area (Å²) in [7, 11) is 0. The number of nitrogens with two attached hydrogens (primary N) is 1. The Morgan fingerprint density at radius 2 is 2.11 bits per heavy atom. The highest BCUT2D eigenvalue weighted by molar-refractivity contribution is 4.71. The van der Waals surface area contributed by atoms with Crippen molar-refractivity contribution < 1.29 is 0 Å². The summed E-state index contributed by atoms with van der Waals surface area (Å²) in [6, 6.07) is 0.400. The highest BCUT2D eigenvalue weighted by Gasteiger charge is 1.96. The van der Waals surface area contributed by atoms with Crippen molar-refractivity contribution in [3.8, 4) is 0 Å². The highest BCUT2D eigenvalue weighted by atomic mass is 14.6. The van der Waals surface area contributed by atoms with Gasteiger partial charge in [-0.3, -0.25) is 0 Å². The molecular weight excluding hydrogens is 110 g/mol. The van der Waals surface area contributed by atoms with Crippen LogP contribution in [-0.4, -0.2) is 6.04 Å². The van der Waals surface area contributed by atoms with Crippen LogP contribution in [0.5, 0.6) is 0 Å². The normalized spacial score (nSPS) is 13.7. The van der Waals surface area contributed by atoms with E-state index < -0.39 is 0 Å². The van der Waals surface area contributed by atoms with E-state index in [1.807, 2.05) is 0 Å². The molecule has 0 aliphatic rings. The Kier molecular flexibility index (Phi) is 6.06. The van der Waals surface area contributed by atoms with Crippen LogP contribution in [-0.2, 0) is 0 Å². The molecule has 1 heteroatoms. The Morgan fingerprint density at radius 3 is 2.56 bits per heavy atom. The molecule has 0 aromatic carbocycles. The van der Waals surface area contributed by atoms with Crippen molar-refractivity contribution in [2.75, 3.05) is 0 Å². The third kappa shape index (κ3) is 5.84. The van der Waals surface area contributed by atoms with Crippen LogP contribution in [0.4, 0.5) is 0 Å². The number of unbranched alkanes of at least 4 members (excludes halogenated alkanes) is 2. The summed E-state index contributed by atoms with van der Waals surface area (Å²) in [5, 5.41) is 0. The third-order valence-electron chi connectivity index (χ3n) is 1.49. The van der Waals surface area contributed by atoms with Gasteiger partial charge < -0.3 is 5.73 Å². The quantitative estimate of drug-likeness (QED) is 0.564. The van der Waals surface area contributed by atoms with Crippen molar-refractivity contribution in [3.63, 3.8) is 0 Å². The molecule has 55 valence electrons. The fourth-order valence-corrected chi connectivity index (χ4v) is 0.703. The van der Waals surface area contributed by atoms with Gasteiger partial charge in [0.15, 0.2) is 0 Å². The van der Waals surface area contributed by atoms with Gasteiger partial charge in [0, 0.05) is 6.04 Å². The third-order valence-corrected chi connectivity index (χ3v) is 1.49. The fraction of sp³-hybridized carbons (Fsp3) is 0.875. The summed E-state index contributed by atoms with van der Waals surface area (Å²) in [5.74, 6) is 0. The molecule has 0 fully saturated rings. The lowest BCUT2D eigenvalue weighted by Crippen LogP contribution is -2.18. The van der Waals surface area contributed by atoms with Crippen LogP contribution in [0.2, 0.25) is 0 Å². The first kappa shape index (κ1) is 8.96. The molecule has 0 aromatic heterocycles. The Balaban J connectivity index is 2.88. The number of hydrogen-bond donors (Lipinski definition) is 1. The molecule has 9 heavy (non-hydrogen) atoms. The molecule has 0 aliphatic carbocycles. The average molecular weight is 128 g/mol. The van der Waals surface area contributed by atoms with E-state index >= 15 is 0 Å². The lowest BCUT2D eigenvalue weighted by molar-refractivity contribution is 0.621. The monoisotopic (exact) mass is 128 g/mol. The molecular formula is C8H18N. The minimum Gasteiger partial charge on any atom is -0.328 e. The average Bonchev–Trinajstić information content (AvgIpc) is 1.89. The van der Waals surface area contributed by atoms with E-state index in [0.717, 1.165) is 12.8 Å². The van der Waals surface area contributed by atoms with E-state index in [4.69, 9.17) is 5.73 Å². The van der Waals surface area contributed by atoms with E-state index in [2.05, 4.69) is 20.3 Å². The zero-order chi connectivity index (χ0) is 7.11. The maximum absolute atomic E-state index is 5.68. The van der Waals surface area contributed by atoms with Crippen molar-refractivity contribution in [2.45, 2.75) is 45.6 Å². The molecule has 1 nitrogen and oxygen atoms in total. The lowest BCUT2D eigenvalue weighted by atomic mass is 10.1. The molecule has 0 bridgehead atoms. The smallest absolute Gasteiger partial charge is 0.00389 e.